The van der Waals surface area contributed by atoms with Crippen molar-refractivity contribution in [1.29, 1.82) is 0 Å². The van der Waals surface area contributed by atoms with Gasteiger partial charge in [-0.1, -0.05) is 78.9 Å². The van der Waals surface area contributed by atoms with Crippen LogP contribution in [0.1, 0.15) is 24.0 Å². The van der Waals surface area contributed by atoms with Gasteiger partial charge in [0.1, 0.15) is 6.04 Å². The van der Waals surface area contributed by atoms with Crippen LogP contribution in [0.3, 0.4) is 0 Å². The van der Waals surface area contributed by atoms with Crippen molar-refractivity contribution in [2.45, 2.75) is 31.3 Å². The third kappa shape index (κ3) is 8.72. The summed E-state index contributed by atoms with van der Waals surface area (Å²) in [6.45, 7) is 0.453. The van der Waals surface area contributed by atoms with Crippen LogP contribution < -0.4 is 21.3 Å². The molecule has 9 heteroatoms. The summed E-state index contributed by atoms with van der Waals surface area (Å²) < 4.78 is 0. The van der Waals surface area contributed by atoms with E-state index in [1.54, 1.807) is 36.4 Å². The molecule has 41 heavy (non-hydrogen) atoms. The second-order valence-electron chi connectivity index (χ2n) is 9.75. The van der Waals surface area contributed by atoms with Crippen LogP contribution in [0.4, 0.5) is 5.69 Å². The molecule has 4 amide bonds. The topological polar surface area (TPSA) is 133 Å². The number of Topliss-reactive ketones (excluding diaryl/α,β-unsaturated/α-hetero) is 1. The van der Waals surface area contributed by atoms with Crippen molar-refractivity contribution in [1.82, 2.24) is 16.0 Å². The van der Waals surface area contributed by atoms with Gasteiger partial charge in [-0.25, -0.2) is 0 Å². The summed E-state index contributed by atoms with van der Waals surface area (Å²) in [4.78, 5) is 64.8. The normalized spacial score (nSPS) is 15.9. The first-order chi connectivity index (χ1) is 19.9. The average Bonchev–Trinajstić information content (AvgIpc) is 3.40. The number of hydrogen-bond acceptors (Lipinski definition) is 5. The number of hydrogen-bond donors (Lipinski definition) is 4. The third-order valence-electron chi connectivity index (χ3n) is 6.71. The summed E-state index contributed by atoms with van der Waals surface area (Å²) in [6, 6.07) is 24.5. The van der Waals surface area contributed by atoms with Crippen molar-refractivity contribution in [3.63, 3.8) is 0 Å². The maximum absolute atomic E-state index is 13.6. The predicted molar refractivity (Wildman–Crippen MR) is 155 cm³/mol. The molecule has 3 atom stereocenters. The fourth-order valence-electron chi connectivity index (χ4n) is 4.55. The van der Waals surface area contributed by atoms with E-state index in [4.69, 9.17) is 0 Å². The molecule has 0 bridgehead atoms. The van der Waals surface area contributed by atoms with Gasteiger partial charge in [0.25, 0.3) is 5.91 Å². The molecule has 3 aromatic carbocycles. The van der Waals surface area contributed by atoms with Crippen LogP contribution in [-0.2, 0) is 30.4 Å². The first kappa shape index (κ1) is 28.9. The van der Waals surface area contributed by atoms with Gasteiger partial charge in [-0.05, 0) is 42.2 Å². The number of ketones is 1. The Bertz CT molecular complexity index is 1390. The van der Waals surface area contributed by atoms with Gasteiger partial charge in [-0.15, -0.1) is 0 Å². The third-order valence-corrected chi connectivity index (χ3v) is 6.71. The molecule has 0 unspecified atom stereocenters. The molecule has 1 aliphatic heterocycles. The lowest BCUT2D eigenvalue weighted by atomic mass is 9.94. The van der Waals surface area contributed by atoms with E-state index in [0.29, 0.717) is 18.7 Å². The molecule has 0 saturated carbocycles. The minimum absolute atomic E-state index is 0.0431. The Morgan fingerprint density at radius 3 is 2.10 bits per heavy atom. The minimum atomic E-state index is -1.27. The Morgan fingerprint density at radius 1 is 0.829 bits per heavy atom. The van der Waals surface area contributed by atoms with Crippen molar-refractivity contribution < 1.29 is 24.0 Å². The smallest absolute Gasteiger partial charge is 0.293 e. The Labute approximate surface area is 238 Å². The predicted octanol–water partition coefficient (Wildman–Crippen LogP) is 2.65. The number of carbonyl (C=O) groups excluding carboxylic acids is 5. The van der Waals surface area contributed by atoms with Crippen LogP contribution in [0.2, 0.25) is 0 Å². The molecular weight excluding hydrogens is 520 g/mol. The summed E-state index contributed by atoms with van der Waals surface area (Å²) >= 11 is 0. The van der Waals surface area contributed by atoms with E-state index in [1.807, 2.05) is 60.7 Å². The number of para-hydroxylation sites is 1. The van der Waals surface area contributed by atoms with E-state index in [1.165, 1.54) is 6.08 Å². The molecule has 0 aliphatic carbocycles. The van der Waals surface area contributed by atoms with E-state index in [9.17, 15) is 24.0 Å². The van der Waals surface area contributed by atoms with Crippen molar-refractivity contribution in [3.05, 3.63) is 108 Å². The SMILES string of the molecule is O=C(/C=C/c1ccccc1)N[C@@H](Cc1ccccc1)C(=O)N[C@@H](C[C@@H]1CCNC1=O)C(=O)C(=O)Nc1ccccc1. The van der Waals surface area contributed by atoms with Gasteiger partial charge >= 0.3 is 0 Å². The van der Waals surface area contributed by atoms with Gasteiger partial charge in [0.15, 0.2) is 0 Å². The molecule has 9 nitrogen and oxygen atoms in total. The molecule has 4 rings (SSSR count). The second-order valence-corrected chi connectivity index (χ2v) is 9.75. The molecule has 1 aliphatic rings. The fraction of sp³-hybridized carbons (Fsp3) is 0.219. The Balaban J connectivity index is 1.52. The van der Waals surface area contributed by atoms with Crippen molar-refractivity contribution in [2.75, 3.05) is 11.9 Å². The Morgan fingerprint density at radius 2 is 1.46 bits per heavy atom. The number of anilines is 1. The zero-order valence-electron chi connectivity index (χ0n) is 22.4. The standard InChI is InChI=1S/C32H32N4O5/c37-28(17-16-22-10-4-1-5-11-22)35-27(20-23-12-6-2-7-13-23)31(40)36-26(21-24-18-19-33-30(24)39)29(38)32(41)34-25-14-8-3-9-15-25/h1-17,24,26-27H,18-21H2,(H,33,39)(H,34,41)(H,35,37)(H,36,40)/b17-16+/t24-,26-,27-/m0/s1. The molecule has 210 valence electrons. The number of benzene rings is 3. The zero-order valence-corrected chi connectivity index (χ0v) is 22.4. The summed E-state index contributed by atoms with van der Waals surface area (Å²) in [5.41, 5.74) is 2.03. The molecule has 3 aromatic rings. The minimum Gasteiger partial charge on any atom is -0.356 e. The van der Waals surface area contributed by atoms with Gasteiger partial charge in [0.05, 0.1) is 6.04 Å². The summed E-state index contributed by atoms with van der Waals surface area (Å²) in [5.74, 6) is -3.69. The van der Waals surface area contributed by atoms with Crippen LogP contribution in [0.25, 0.3) is 6.08 Å². The monoisotopic (exact) mass is 552 g/mol. The summed E-state index contributed by atoms with van der Waals surface area (Å²) in [5, 5.41) is 10.6. The highest BCUT2D eigenvalue weighted by molar-refractivity contribution is 6.42. The van der Waals surface area contributed by atoms with E-state index in [0.717, 1.165) is 11.1 Å². The molecule has 0 spiro atoms. The van der Waals surface area contributed by atoms with E-state index in [-0.39, 0.29) is 18.7 Å². The van der Waals surface area contributed by atoms with Crippen LogP contribution in [0, 0.1) is 5.92 Å². The average molecular weight is 553 g/mol. The first-order valence-corrected chi connectivity index (χ1v) is 13.4. The maximum Gasteiger partial charge on any atom is 0.293 e. The number of rotatable bonds is 12. The lowest BCUT2D eigenvalue weighted by Gasteiger charge is -2.24. The highest BCUT2D eigenvalue weighted by Crippen LogP contribution is 2.18. The molecule has 0 aromatic heterocycles. The summed E-state index contributed by atoms with van der Waals surface area (Å²) in [6.07, 6.45) is 3.55. The van der Waals surface area contributed by atoms with Gasteiger partial charge < -0.3 is 21.3 Å². The van der Waals surface area contributed by atoms with Crippen LogP contribution in [0.5, 0.6) is 0 Å². The van der Waals surface area contributed by atoms with Crippen LogP contribution in [0.15, 0.2) is 97.1 Å². The van der Waals surface area contributed by atoms with E-state index in [2.05, 4.69) is 21.3 Å². The Kier molecular flexibility index (Phi) is 10.1. The van der Waals surface area contributed by atoms with Gasteiger partial charge in [-0.2, -0.15) is 0 Å². The van der Waals surface area contributed by atoms with Crippen molar-refractivity contribution >= 4 is 41.2 Å². The fourth-order valence-corrected chi connectivity index (χ4v) is 4.55. The van der Waals surface area contributed by atoms with Crippen molar-refractivity contribution in [3.8, 4) is 0 Å². The lowest BCUT2D eigenvalue weighted by molar-refractivity contribution is -0.138. The highest BCUT2D eigenvalue weighted by Gasteiger charge is 2.35. The van der Waals surface area contributed by atoms with E-state index >= 15 is 0 Å². The van der Waals surface area contributed by atoms with E-state index < -0.39 is 41.5 Å². The molecule has 1 saturated heterocycles. The molecule has 1 heterocycles. The quantitative estimate of drug-likeness (QED) is 0.203. The highest BCUT2D eigenvalue weighted by atomic mass is 16.2. The molecule has 4 N–H and O–H groups in total. The lowest BCUT2D eigenvalue weighted by Crippen LogP contribution is -2.54. The largest absolute Gasteiger partial charge is 0.356 e. The second kappa shape index (κ2) is 14.4. The first-order valence-electron chi connectivity index (χ1n) is 13.4. The molecular formula is C32H32N4O5. The van der Waals surface area contributed by atoms with Crippen LogP contribution >= 0.6 is 0 Å². The number of amides is 4. The van der Waals surface area contributed by atoms with Gasteiger partial charge in [0, 0.05) is 30.6 Å². The van der Waals surface area contributed by atoms with Gasteiger partial charge in [-0.3, -0.25) is 24.0 Å². The zero-order chi connectivity index (χ0) is 29.0. The number of nitrogens with one attached hydrogen (secondary N) is 4. The number of carbonyl (C=O) groups is 5. The Hall–Kier alpha value is -5.05. The molecule has 1 fully saturated rings. The molecule has 0 radical (unpaired) electrons. The maximum atomic E-state index is 13.6. The van der Waals surface area contributed by atoms with Crippen molar-refractivity contribution in [2.24, 2.45) is 5.92 Å². The van der Waals surface area contributed by atoms with Gasteiger partial charge in [0.2, 0.25) is 23.5 Å². The van der Waals surface area contributed by atoms with Crippen LogP contribution in [-0.4, -0.2) is 48.0 Å². The summed E-state index contributed by atoms with van der Waals surface area (Å²) in [7, 11) is 0.